The van der Waals surface area contributed by atoms with Gasteiger partial charge in [0.1, 0.15) is 17.3 Å². The Bertz CT molecular complexity index is 1050. The molecule has 12 nitrogen and oxygen atoms in total. The van der Waals surface area contributed by atoms with Gasteiger partial charge in [0.05, 0.1) is 5.60 Å². The van der Waals surface area contributed by atoms with Crippen LogP contribution < -0.4 is 0 Å². The summed E-state index contributed by atoms with van der Waals surface area (Å²) in [7, 11) is -16.0. The lowest BCUT2D eigenvalue weighted by Crippen LogP contribution is -2.42. The molecule has 278 valence electrons. The number of hydrogen-bond donors (Lipinski definition) is 6. The van der Waals surface area contributed by atoms with Crippen LogP contribution in [0.4, 0.5) is 65.9 Å². The fourth-order valence-corrected chi connectivity index (χ4v) is 3.40. The van der Waals surface area contributed by atoms with Crippen molar-refractivity contribution in [1.82, 2.24) is 0 Å². The second kappa shape index (κ2) is 17.1. The van der Waals surface area contributed by atoms with Crippen LogP contribution in [0.15, 0.2) is 0 Å². The monoisotopic (exact) mass is 776 g/mol. The molecule has 0 saturated carbocycles. The molecule has 0 radical (unpaired) electrons. The van der Waals surface area contributed by atoms with E-state index in [9.17, 15) is 96.2 Å². The van der Waals surface area contributed by atoms with Gasteiger partial charge in [-0.25, -0.2) is 0 Å². The van der Waals surface area contributed by atoms with Crippen molar-refractivity contribution in [2.75, 3.05) is 30.5 Å². The molecule has 0 bridgehead atoms. The third-order valence-electron chi connectivity index (χ3n) is 3.64. The summed E-state index contributed by atoms with van der Waals surface area (Å²) in [6.45, 7) is 1.53. The van der Waals surface area contributed by atoms with Crippen LogP contribution >= 0.6 is 0 Å². The van der Waals surface area contributed by atoms with E-state index in [0.29, 0.717) is 12.8 Å². The Labute approximate surface area is 243 Å². The summed E-state index contributed by atoms with van der Waals surface area (Å²) < 4.78 is 253. The Morgan fingerprint density at radius 3 is 0.667 bits per heavy atom. The number of alkyl halides is 15. The molecule has 0 saturated heterocycles. The normalized spacial score (nSPS) is 14.3. The van der Waals surface area contributed by atoms with Crippen LogP contribution in [0.25, 0.3) is 0 Å². The molecule has 0 rings (SSSR count). The van der Waals surface area contributed by atoms with Crippen molar-refractivity contribution >= 4 is 30.4 Å². The smallest absolute Gasteiger partial charge is 0.396 e. The molecule has 45 heavy (non-hydrogen) atoms. The summed E-state index contributed by atoms with van der Waals surface area (Å²) in [5.74, 6) is -24.2. The van der Waals surface area contributed by atoms with Gasteiger partial charge in [-0.05, 0) is 19.8 Å². The molecular formula is C15H23F15O12S3. The summed E-state index contributed by atoms with van der Waals surface area (Å²) >= 11 is 0. The van der Waals surface area contributed by atoms with E-state index in [2.05, 4.69) is 0 Å². The molecule has 0 atom stereocenters. The molecule has 0 aromatic heterocycles. The Hall–Kier alpha value is -1.44. The third kappa shape index (κ3) is 26.3. The molecule has 0 aromatic carbocycles. The maximum Gasteiger partial charge on any atom is 0.454 e. The average molecular weight is 777 g/mol. The quantitative estimate of drug-likeness (QED) is 0.139. The highest BCUT2D eigenvalue weighted by atomic mass is 32.2. The zero-order valence-electron chi connectivity index (χ0n) is 21.5. The largest absolute Gasteiger partial charge is 0.454 e. The van der Waals surface area contributed by atoms with Gasteiger partial charge in [0.25, 0.3) is 30.4 Å². The first-order valence-corrected chi connectivity index (χ1v) is 14.9. The topological polar surface area (TPSA) is 224 Å². The molecule has 0 unspecified atom stereocenters. The number of aliphatic hydroxyl groups is 3. The van der Waals surface area contributed by atoms with Gasteiger partial charge in [-0.1, -0.05) is 0 Å². The highest BCUT2D eigenvalue weighted by Crippen LogP contribution is 2.37. The van der Waals surface area contributed by atoms with Crippen LogP contribution in [0.3, 0.4) is 0 Å². The van der Waals surface area contributed by atoms with E-state index in [1.165, 1.54) is 0 Å². The van der Waals surface area contributed by atoms with Gasteiger partial charge >= 0.3 is 36.3 Å². The molecule has 0 fully saturated rings. The van der Waals surface area contributed by atoms with E-state index in [-0.39, 0.29) is 13.2 Å². The van der Waals surface area contributed by atoms with Gasteiger partial charge in [0.2, 0.25) is 0 Å². The van der Waals surface area contributed by atoms with Gasteiger partial charge in [-0.3, -0.25) is 13.7 Å². The van der Waals surface area contributed by atoms with Crippen LogP contribution in [-0.4, -0.2) is 127 Å². The first kappa shape index (κ1) is 50.4. The molecule has 30 heteroatoms. The molecule has 0 aliphatic heterocycles. The second-order valence-corrected chi connectivity index (χ2v) is 12.6. The number of rotatable bonds is 10. The standard InChI is InChI=1S/C6H14O3.3C3H3F5O3S/c1-6(9,2-4-7)3-5-8;3*4-2(5,3(6,7)8)1-12(9,10)11/h7-9H,2-5H2,1H3;3*1H2,(H,9,10,11). The van der Waals surface area contributed by atoms with Crippen LogP contribution in [0, 0.1) is 0 Å². The minimum Gasteiger partial charge on any atom is -0.396 e. The van der Waals surface area contributed by atoms with E-state index < -0.39 is 89.5 Å². The van der Waals surface area contributed by atoms with Crippen molar-refractivity contribution in [2.45, 2.75) is 61.7 Å². The van der Waals surface area contributed by atoms with Crippen molar-refractivity contribution in [2.24, 2.45) is 0 Å². The molecule has 0 aliphatic rings. The summed E-state index contributed by atoms with van der Waals surface area (Å²) in [6.07, 6.45) is -17.3. The van der Waals surface area contributed by atoms with E-state index in [0.717, 1.165) is 0 Å². The minimum atomic E-state index is -5.97. The maximum absolute atomic E-state index is 11.8. The highest BCUT2D eigenvalue weighted by Gasteiger charge is 2.61. The van der Waals surface area contributed by atoms with Gasteiger partial charge in [-0.15, -0.1) is 0 Å². The number of halogens is 15. The van der Waals surface area contributed by atoms with Crippen molar-refractivity contribution in [3.8, 4) is 0 Å². The highest BCUT2D eigenvalue weighted by molar-refractivity contribution is 7.86. The van der Waals surface area contributed by atoms with E-state index in [1.807, 2.05) is 0 Å². The molecule has 0 spiro atoms. The van der Waals surface area contributed by atoms with Crippen LogP contribution in [0.1, 0.15) is 19.8 Å². The van der Waals surface area contributed by atoms with E-state index in [1.54, 1.807) is 6.92 Å². The zero-order chi connectivity index (χ0) is 37.9. The van der Waals surface area contributed by atoms with Crippen molar-refractivity contribution < 1.29 is 120 Å². The van der Waals surface area contributed by atoms with E-state index >= 15 is 0 Å². The molecular weight excluding hydrogens is 753 g/mol. The maximum atomic E-state index is 11.8. The lowest BCUT2D eigenvalue weighted by atomic mass is 10.00. The van der Waals surface area contributed by atoms with E-state index in [4.69, 9.17) is 23.9 Å². The number of hydrogen-bond acceptors (Lipinski definition) is 9. The summed E-state index contributed by atoms with van der Waals surface area (Å²) in [4.78, 5) is 0. The predicted octanol–water partition coefficient (Wildman–Crippen LogP) is 2.72. The summed E-state index contributed by atoms with van der Waals surface area (Å²) in [5, 5.41) is 26.0. The summed E-state index contributed by atoms with van der Waals surface area (Å²) in [5.41, 5.74) is -0.899. The molecule has 0 amide bonds. The predicted molar refractivity (Wildman–Crippen MR) is 116 cm³/mol. The van der Waals surface area contributed by atoms with Crippen molar-refractivity contribution in [3.05, 3.63) is 0 Å². The lowest BCUT2D eigenvalue weighted by Gasteiger charge is -2.20. The molecule has 6 N–H and O–H groups in total. The second-order valence-electron chi connectivity index (χ2n) is 8.23. The molecule has 0 aliphatic carbocycles. The Morgan fingerprint density at radius 1 is 0.444 bits per heavy atom. The minimum absolute atomic E-state index is 0.0347. The Balaban J connectivity index is -0.000000251. The summed E-state index contributed by atoms with van der Waals surface area (Å²) in [6, 6.07) is 0. The fourth-order valence-electron chi connectivity index (χ4n) is 1.54. The van der Waals surface area contributed by atoms with Gasteiger partial charge < -0.3 is 15.3 Å². The van der Waals surface area contributed by atoms with Gasteiger partial charge in [-0.2, -0.15) is 91.1 Å². The Kier molecular flexibility index (Phi) is 19.2. The first-order chi connectivity index (χ1) is 19.0. The average Bonchev–Trinajstić information content (AvgIpc) is 2.60. The van der Waals surface area contributed by atoms with Crippen molar-refractivity contribution in [1.29, 1.82) is 0 Å². The third-order valence-corrected chi connectivity index (χ3v) is 5.82. The van der Waals surface area contributed by atoms with Gasteiger partial charge in [0, 0.05) is 13.2 Å². The molecule has 0 aromatic rings. The number of aliphatic hydroxyl groups excluding tert-OH is 2. The SMILES string of the molecule is CC(O)(CCO)CCO.O=S(=O)(O)CC(F)(F)C(F)(F)F.O=S(=O)(O)CC(F)(F)C(F)(F)F.O=S(=O)(O)CC(F)(F)C(F)(F)F. The zero-order valence-corrected chi connectivity index (χ0v) is 23.9. The Morgan fingerprint density at radius 2 is 0.600 bits per heavy atom. The fraction of sp³-hybridized carbons (Fsp3) is 1.00. The van der Waals surface area contributed by atoms with Crippen molar-refractivity contribution in [3.63, 3.8) is 0 Å². The molecule has 0 heterocycles. The lowest BCUT2D eigenvalue weighted by molar-refractivity contribution is -0.271. The van der Waals surface area contributed by atoms with Crippen LogP contribution in [0.2, 0.25) is 0 Å². The van der Waals surface area contributed by atoms with Crippen LogP contribution in [0.5, 0.6) is 0 Å². The van der Waals surface area contributed by atoms with Crippen LogP contribution in [-0.2, 0) is 30.4 Å². The first-order valence-electron chi connectivity index (χ1n) is 10.1. The van der Waals surface area contributed by atoms with Gasteiger partial charge in [0.15, 0.2) is 0 Å².